The van der Waals surface area contributed by atoms with E-state index >= 15 is 0 Å². The molecule has 3 N–H and O–H groups in total. The Morgan fingerprint density at radius 2 is 2.33 bits per heavy atom. The highest BCUT2D eigenvalue weighted by Gasteiger charge is 1.78. The third kappa shape index (κ3) is 3.84. The molecule has 4 nitrogen and oxygen atoms in total. The summed E-state index contributed by atoms with van der Waals surface area (Å²) >= 11 is 0. The van der Waals surface area contributed by atoms with Crippen LogP contribution >= 0.6 is 0 Å². The van der Waals surface area contributed by atoms with E-state index in [0.29, 0.717) is 5.17 Å². The van der Waals surface area contributed by atoms with Gasteiger partial charge in [0.25, 0.3) is 0 Å². The Bertz CT molecular complexity index is 30.7. The van der Waals surface area contributed by atoms with Crippen molar-refractivity contribution in [2.24, 2.45) is 0 Å². The Morgan fingerprint density at radius 1 is 1.83 bits per heavy atom. The molecule has 0 fully saturated rings. The molecule has 0 aliphatic rings. The summed E-state index contributed by atoms with van der Waals surface area (Å²) in [5.74, 6) is 0. The molecule has 0 amide bonds. The maximum Gasteiger partial charge on any atom is 0.108 e. The van der Waals surface area contributed by atoms with Gasteiger partial charge in [0.1, 0.15) is 6.73 Å². The minimum absolute atomic E-state index is 0.243. The van der Waals surface area contributed by atoms with Crippen molar-refractivity contribution in [1.29, 1.82) is 0 Å². The zero-order valence-electron chi connectivity index (χ0n) is 3.55. The highest BCUT2D eigenvalue weighted by atomic mass is 16.5. The number of hydrazine groups is 1. The fourth-order valence-electron chi connectivity index (χ4n) is 0.102. The number of aliphatic hydroxyl groups excluding tert-OH is 1. The van der Waals surface area contributed by atoms with Gasteiger partial charge in [-0.3, -0.25) is 5.21 Å². The molecule has 38 valence electrons. The molecule has 0 aromatic carbocycles. The first kappa shape index (κ1) is 5.84. The van der Waals surface area contributed by atoms with Crippen molar-refractivity contribution >= 4 is 0 Å². The molecule has 0 spiro atoms. The quantitative estimate of drug-likeness (QED) is 0.294. The molecule has 0 heterocycles. The summed E-state index contributed by atoms with van der Waals surface area (Å²) in [6, 6.07) is 0. The molecule has 0 aromatic rings. The van der Waals surface area contributed by atoms with E-state index in [2.05, 4.69) is 5.43 Å². The van der Waals surface area contributed by atoms with Crippen LogP contribution in [0.15, 0.2) is 0 Å². The summed E-state index contributed by atoms with van der Waals surface area (Å²) in [5.41, 5.74) is 2.15. The highest BCUT2D eigenvalue weighted by Crippen LogP contribution is 1.53. The van der Waals surface area contributed by atoms with Crippen molar-refractivity contribution in [2.45, 2.75) is 0 Å². The van der Waals surface area contributed by atoms with Crippen molar-refractivity contribution in [1.82, 2.24) is 10.6 Å². The third-order valence-electron chi connectivity index (χ3n) is 0.300. The third-order valence-corrected chi connectivity index (χ3v) is 0.300. The summed E-state index contributed by atoms with van der Waals surface area (Å²) in [6.45, 7) is -0.243. The van der Waals surface area contributed by atoms with Crippen LogP contribution in [0.2, 0.25) is 0 Å². The zero-order valence-corrected chi connectivity index (χ0v) is 3.55. The molecule has 0 aliphatic heterocycles. The van der Waals surface area contributed by atoms with Gasteiger partial charge in [-0.2, -0.15) is 0 Å². The van der Waals surface area contributed by atoms with E-state index in [-0.39, 0.29) is 6.73 Å². The molecule has 0 saturated heterocycles. The molecule has 4 heteroatoms. The maximum absolute atomic E-state index is 8.11. The van der Waals surface area contributed by atoms with Crippen LogP contribution in [0.5, 0.6) is 0 Å². The Hall–Kier alpha value is -0.160. The monoisotopic (exact) mass is 92.1 g/mol. The summed E-state index contributed by atoms with van der Waals surface area (Å²) < 4.78 is 0. The van der Waals surface area contributed by atoms with Crippen LogP contribution in [-0.4, -0.2) is 29.3 Å². The molecule has 0 unspecified atom stereocenters. The van der Waals surface area contributed by atoms with E-state index in [1.807, 2.05) is 0 Å². The number of nitrogens with one attached hydrogen (secondary N) is 1. The molecule has 0 radical (unpaired) electrons. The van der Waals surface area contributed by atoms with E-state index in [4.69, 9.17) is 10.3 Å². The van der Waals surface area contributed by atoms with Crippen molar-refractivity contribution < 1.29 is 10.3 Å². The number of hydrogen-bond acceptors (Lipinski definition) is 4. The number of aliphatic hydroxyl groups is 1. The maximum atomic E-state index is 8.11. The van der Waals surface area contributed by atoms with Crippen molar-refractivity contribution in [2.75, 3.05) is 13.8 Å². The van der Waals surface area contributed by atoms with E-state index < -0.39 is 0 Å². The Morgan fingerprint density at radius 3 is 2.33 bits per heavy atom. The molecular formula is C2H8N2O2. The van der Waals surface area contributed by atoms with Crippen LogP contribution in [0.1, 0.15) is 0 Å². The van der Waals surface area contributed by atoms with Gasteiger partial charge in [-0.05, 0) is 0 Å². The molecule has 0 aliphatic carbocycles. The lowest BCUT2D eigenvalue weighted by molar-refractivity contribution is -0.127. The average molecular weight is 92.1 g/mol. The topological polar surface area (TPSA) is 55.7 Å². The van der Waals surface area contributed by atoms with Crippen molar-refractivity contribution in [3.63, 3.8) is 0 Å². The second-order valence-electron chi connectivity index (χ2n) is 0.840. The van der Waals surface area contributed by atoms with E-state index in [1.165, 1.54) is 7.05 Å². The SMILES string of the molecule is CN(O)NCO. The van der Waals surface area contributed by atoms with Gasteiger partial charge in [-0.1, -0.05) is 0 Å². The average Bonchev–Trinajstić information content (AvgIpc) is 1.35. The van der Waals surface area contributed by atoms with Gasteiger partial charge in [-0.25, -0.2) is 5.43 Å². The minimum atomic E-state index is -0.243. The van der Waals surface area contributed by atoms with Crippen LogP contribution in [0.25, 0.3) is 0 Å². The van der Waals surface area contributed by atoms with Crippen molar-refractivity contribution in [3.8, 4) is 0 Å². The lowest BCUT2D eigenvalue weighted by Gasteiger charge is -2.04. The fraction of sp³-hybridized carbons (Fsp3) is 1.00. The first-order valence-corrected chi connectivity index (χ1v) is 1.54. The second kappa shape index (κ2) is 3.05. The van der Waals surface area contributed by atoms with Crippen LogP contribution in [-0.2, 0) is 0 Å². The summed E-state index contributed by atoms with van der Waals surface area (Å²) in [6.07, 6.45) is 0. The standard InChI is InChI=1S/C2H8N2O2/c1-4(6)3-2-5/h3,5-6H,2H2,1H3. The number of hydrogen-bond donors (Lipinski definition) is 3. The number of nitrogens with zero attached hydrogens (tertiary/aromatic N) is 1. The minimum Gasteiger partial charge on any atom is -0.380 e. The Labute approximate surface area is 35.9 Å². The smallest absolute Gasteiger partial charge is 0.108 e. The van der Waals surface area contributed by atoms with Crippen LogP contribution < -0.4 is 5.43 Å². The molecule has 6 heavy (non-hydrogen) atoms. The fourth-order valence-corrected chi connectivity index (χ4v) is 0.102. The molecular weight excluding hydrogens is 84.0 g/mol. The van der Waals surface area contributed by atoms with E-state index in [1.54, 1.807) is 0 Å². The summed E-state index contributed by atoms with van der Waals surface area (Å²) in [4.78, 5) is 0. The predicted molar refractivity (Wildman–Crippen MR) is 19.8 cm³/mol. The first-order chi connectivity index (χ1) is 2.77. The molecule has 0 saturated carbocycles. The van der Waals surface area contributed by atoms with Gasteiger partial charge < -0.3 is 5.11 Å². The molecule has 0 aromatic heterocycles. The Balaban J connectivity index is 2.63. The van der Waals surface area contributed by atoms with Gasteiger partial charge in [0.05, 0.1) is 0 Å². The van der Waals surface area contributed by atoms with Gasteiger partial charge >= 0.3 is 0 Å². The highest BCUT2D eigenvalue weighted by molar-refractivity contribution is 4.06. The van der Waals surface area contributed by atoms with Gasteiger partial charge in [0, 0.05) is 7.05 Å². The second-order valence-corrected chi connectivity index (χ2v) is 0.840. The normalized spacial score (nSPS) is 10.0. The van der Waals surface area contributed by atoms with Crippen LogP contribution in [0, 0.1) is 0 Å². The predicted octanol–water partition coefficient (Wildman–Crippen LogP) is -1.24. The molecule has 0 atom stereocenters. The van der Waals surface area contributed by atoms with Crippen molar-refractivity contribution in [3.05, 3.63) is 0 Å². The molecule has 0 rings (SSSR count). The van der Waals surface area contributed by atoms with Gasteiger partial charge in [-0.15, -0.1) is 5.17 Å². The van der Waals surface area contributed by atoms with Gasteiger partial charge in [0.2, 0.25) is 0 Å². The first-order valence-electron chi connectivity index (χ1n) is 1.54. The number of rotatable bonds is 2. The summed E-state index contributed by atoms with van der Waals surface area (Å²) in [5, 5.41) is 16.7. The van der Waals surface area contributed by atoms with Crippen LogP contribution in [0.4, 0.5) is 0 Å². The Kier molecular flexibility index (Phi) is 2.97. The largest absolute Gasteiger partial charge is 0.380 e. The van der Waals surface area contributed by atoms with E-state index in [9.17, 15) is 0 Å². The van der Waals surface area contributed by atoms with E-state index in [0.717, 1.165) is 0 Å². The molecule has 0 bridgehead atoms. The van der Waals surface area contributed by atoms with Crippen LogP contribution in [0.3, 0.4) is 0 Å². The number of hydroxylamine groups is 1. The van der Waals surface area contributed by atoms with Gasteiger partial charge in [0.15, 0.2) is 0 Å². The lowest BCUT2D eigenvalue weighted by Crippen LogP contribution is -2.31. The lowest BCUT2D eigenvalue weighted by atomic mass is 11.3. The summed E-state index contributed by atoms with van der Waals surface area (Å²) in [7, 11) is 1.37. The zero-order chi connectivity index (χ0) is 4.99.